The Kier molecular flexibility index (Phi) is 3.52. The maximum absolute atomic E-state index is 9.17. The number of ether oxygens (including phenoxy) is 1. The minimum atomic E-state index is 0.265. The van der Waals surface area contributed by atoms with Crippen LogP contribution in [0.2, 0.25) is 0 Å². The molecule has 18 heavy (non-hydrogen) atoms. The summed E-state index contributed by atoms with van der Waals surface area (Å²) in [6, 6.07) is 9.09. The van der Waals surface area contributed by atoms with E-state index in [9.17, 15) is 5.11 Å². The second-order valence-corrected chi connectivity index (χ2v) is 5.32. The van der Waals surface area contributed by atoms with E-state index in [1.165, 1.54) is 18.4 Å². The van der Waals surface area contributed by atoms with Crippen molar-refractivity contribution in [1.29, 1.82) is 0 Å². The highest BCUT2D eigenvalue weighted by atomic mass is 16.5. The van der Waals surface area contributed by atoms with Crippen LogP contribution in [0.3, 0.4) is 0 Å². The maximum atomic E-state index is 9.17. The van der Waals surface area contributed by atoms with E-state index in [2.05, 4.69) is 23.1 Å². The first-order chi connectivity index (χ1) is 8.88. The van der Waals surface area contributed by atoms with Crippen LogP contribution >= 0.6 is 0 Å². The topological polar surface area (TPSA) is 32.7 Å². The summed E-state index contributed by atoms with van der Waals surface area (Å²) < 4.78 is 5.70. The smallest absolute Gasteiger partial charge is 0.122 e. The van der Waals surface area contributed by atoms with E-state index < -0.39 is 0 Å². The molecule has 2 aliphatic rings. The first-order valence-electron chi connectivity index (χ1n) is 6.95. The quantitative estimate of drug-likeness (QED) is 0.864. The molecule has 1 fully saturated rings. The summed E-state index contributed by atoms with van der Waals surface area (Å²) in [7, 11) is 0. The third kappa shape index (κ3) is 2.52. The van der Waals surface area contributed by atoms with Crippen LogP contribution < -0.4 is 4.74 Å². The summed E-state index contributed by atoms with van der Waals surface area (Å²) in [5.74, 6) is 1.61. The summed E-state index contributed by atoms with van der Waals surface area (Å²) in [6.45, 7) is 2.95. The number of benzene rings is 1. The van der Waals surface area contributed by atoms with E-state index in [1.54, 1.807) is 0 Å². The van der Waals surface area contributed by atoms with Crippen molar-refractivity contribution in [2.24, 2.45) is 0 Å². The van der Waals surface area contributed by atoms with Gasteiger partial charge in [-0.05, 0) is 30.9 Å². The monoisotopic (exact) mass is 247 g/mol. The number of aliphatic hydroxyl groups excluding tert-OH is 1. The van der Waals surface area contributed by atoms with Gasteiger partial charge in [-0.2, -0.15) is 0 Å². The zero-order valence-corrected chi connectivity index (χ0v) is 10.7. The Hall–Kier alpha value is -1.06. The number of hydrogen-bond donors (Lipinski definition) is 1. The van der Waals surface area contributed by atoms with Crippen molar-refractivity contribution < 1.29 is 9.84 Å². The molecular formula is C15H21NO2. The lowest BCUT2D eigenvalue weighted by molar-refractivity contribution is 0.166. The third-order valence-electron chi connectivity index (χ3n) is 3.99. The molecule has 0 radical (unpaired) electrons. The molecule has 1 saturated carbocycles. The summed E-state index contributed by atoms with van der Waals surface area (Å²) in [6.07, 6.45) is 3.68. The number of fused-ring (bicyclic) bond motifs is 1. The van der Waals surface area contributed by atoms with Crippen molar-refractivity contribution in [3.8, 4) is 5.75 Å². The van der Waals surface area contributed by atoms with Crippen LogP contribution in [0.25, 0.3) is 0 Å². The molecule has 0 saturated heterocycles. The molecule has 1 N–H and O–H groups in total. The average Bonchev–Trinajstić information content (AvgIpc) is 3.23. The highest BCUT2D eigenvalue weighted by Crippen LogP contribution is 2.36. The Morgan fingerprint density at radius 1 is 1.22 bits per heavy atom. The van der Waals surface area contributed by atoms with Crippen molar-refractivity contribution in [1.82, 2.24) is 4.90 Å². The van der Waals surface area contributed by atoms with Crippen LogP contribution in [0, 0.1) is 0 Å². The second kappa shape index (κ2) is 5.29. The Morgan fingerprint density at radius 3 is 2.83 bits per heavy atom. The molecule has 1 heterocycles. The van der Waals surface area contributed by atoms with Crippen LogP contribution in [0.1, 0.15) is 30.7 Å². The molecule has 3 heteroatoms. The van der Waals surface area contributed by atoms with Gasteiger partial charge in [0.05, 0.1) is 13.2 Å². The van der Waals surface area contributed by atoms with E-state index in [0.717, 1.165) is 31.9 Å². The third-order valence-corrected chi connectivity index (χ3v) is 3.99. The average molecular weight is 247 g/mol. The number of aliphatic hydroxyl groups is 1. The summed E-state index contributed by atoms with van der Waals surface area (Å²) in [5.41, 5.74) is 1.34. The number of nitrogens with zero attached hydrogens (tertiary/aromatic N) is 1. The van der Waals surface area contributed by atoms with Gasteiger partial charge >= 0.3 is 0 Å². The lowest BCUT2D eigenvalue weighted by Crippen LogP contribution is -2.34. The van der Waals surface area contributed by atoms with Crippen molar-refractivity contribution in [3.63, 3.8) is 0 Å². The van der Waals surface area contributed by atoms with Crippen LogP contribution in [0.4, 0.5) is 0 Å². The van der Waals surface area contributed by atoms with E-state index in [-0.39, 0.29) is 6.61 Å². The van der Waals surface area contributed by atoms with Gasteiger partial charge in [0.2, 0.25) is 0 Å². The molecule has 0 bridgehead atoms. The van der Waals surface area contributed by atoms with Gasteiger partial charge in [-0.1, -0.05) is 18.2 Å². The molecule has 1 aromatic carbocycles. The van der Waals surface area contributed by atoms with Crippen LogP contribution in [0.5, 0.6) is 5.75 Å². The number of hydrogen-bond acceptors (Lipinski definition) is 3. The lowest BCUT2D eigenvalue weighted by Gasteiger charge is -2.31. The minimum Gasteiger partial charge on any atom is -0.493 e. The Balaban J connectivity index is 1.72. The van der Waals surface area contributed by atoms with Gasteiger partial charge in [0.1, 0.15) is 5.75 Å². The molecule has 1 atom stereocenters. The highest BCUT2D eigenvalue weighted by Gasteiger charge is 2.31. The molecule has 3 rings (SSSR count). The minimum absolute atomic E-state index is 0.265. The van der Waals surface area contributed by atoms with Crippen LogP contribution in [-0.4, -0.2) is 42.4 Å². The van der Waals surface area contributed by atoms with E-state index in [4.69, 9.17) is 4.74 Å². The lowest BCUT2D eigenvalue weighted by atomic mass is 9.92. The zero-order chi connectivity index (χ0) is 12.4. The number of para-hydroxylation sites is 1. The van der Waals surface area contributed by atoms with Crippen molar-refractivity contribution in [2.75, 3.05) is 26.3 Å². The van der Waals surface area contributed by atoms with Gasteiger partial charge < -0.3 is 9.84 Å². The normalized spacial score (nSPS) is 22.7. The van der Waals surface area contributed by atoms with Gasteiger partial charge in [-0.25, -0.2) is 0 Å². The molecule has 3 nitrogen and oxygen atoms in total. The first-order valence-corrected chi connectivity index (χ1v) is 6.95. The Morgan fingerprint density at radius 2 is 2.06 bits per heavy atom. The molecule has 0 spiro atoms. The van der Waals surface area contributed by atoms with Crippen molar-refractivity contribution >= 4 is 0 Å². The summed E-state index contributed by atoms with van der Waals surface area (Å²) in [5, 5.41) is 9.17. The van der Waals surface area contributed by atoms with Gasteiger partial charge in [-0.15, -0.1) is 0 Å². The predicted molar refractivity (Wildman–Crippen MR) is 71.0 cm³/mol. The Bertz CT molecular complexity index is 403. The van der Waals surface area contributed by atoms with Gasteiger partial charge in [0.15, 0.2) is 0 Å². The van der Waals surface area contributed by atoms with E-state index in [0.29, 0.717) is 12.0 Å². The SMILES string of the molecule is OCCN(CC1CCOc2ccccc21)C1CC1. The van der Waals surface area contributed by atoms with Gasteiger partial charge in [0, 0.05) is 25.0 Å². The maximum Gasteiger partial charge on any atom is 0.122 e. The highest BCUT2D eigenvalue weighted by molar-refractivity contribution is 5.38. The van der Waals surface area contributed by atoms with Crippen LogP contribution in [0.15, 0.2) is 24.3 Å². The van der Waals surface area contributed by atoms with Gasteiger partial charge in [-0.3, -0.25) is 4.90 Å². The zero-order valence-electron chi connectivity index (χ0n) is 10.7. The van der Waals surface area contributed by atoms with E-state index in [1.807, 2.05) is 6.07 Å². The molecule has 1 aliphatic heterocycles. The largest absolute Gasteiger partial charge is 0.493 e. The van der Waals surface area contributed by atoms with Crippen molar-refractivity contribution in [3.05, 3.63) is 29.8 Å². The number of rotatable bonds is 5. The molecule has 1 aliphatic carbocycles. The molecule has 1 aromatic rings. The van der Waals surface area contributed by atoms with Gasteiger partial charge in [0.25, 0.3) is 0 Å². The molecular weight excluding hydrogens is 226 g/mol. The summed E-state index contributed by atoms with van der Waals surface area (Å²) >= 11 is 0. The van der Waals surface area contributed by atoms with Crippen LogP contribution in [-0.2, 0) is 0 Å². The standard InChI is InChI=1S/C15H21NO2/c17-9-8-16(13-5-6-13)11-12-7-10-18-15-4-2-1-3-14(12)15/h1-4,12-13,17H,5-11H2. The van der Waals surface area contributed by atoms with E-state index >= 15 is 0 Å². The summed E-state index contributed by atoms with van der Waals surface area (Å²) in [4.78, 5) is 2.45. The fourth-order valence-corrected chi connectivity index (χ4v) is 2.88. The molecule has 0 aromatic heterocycles. The second-order valence-electron chi connectivity index (χ2n) is 5.32. The first kappa shape index (κ1) is 12.0. The fourth-order valence-electron chi connectivity index (χ4n) is 2.88. The molecule has 98 valence electrons. The fraction of sp³-hybridized carbons (Fsp3) is 0.600. The molecule has 0 amide bonds. The van der Waals surface area contributed by atoms with Crippen molar-refractivity contribution in [2.45, 2.75) is 31.2 Å². The predicted octanol–water partition coefficient (Wildman–Crippen LogP) is 2.01. The molecule has 1 unspecified atom stereocenters. The Labute approximate surface area is 108 Å².